The molecule has 2 atom stereocenters. The van der Waals surface area contributed by atoms with Crippen molar-refractivity contribution in [3.63, 3.8) is 0 Å². The van der Waals surface area contributed by atoms with Gasteiger partial charge in [0.25, 0.3) is 0 Å². The van der Waals surface area contributed by atoms with Crippen molar-refractivity contribution in [2.24, 2.45) is 17.8 Å². The molecule has 1 saturated heterocycles. The molecule has 2 saturated carbocycles. The fourth-order valence-electron chi connectivity index (χ4n) is 4.08. The summed E-state index contributed by atoms with van der Waals surface area (Å²) in [5.74, 6) is 3.06. The molecule has 3 heterocycles. The Morgan fingerprint density at radius 3 is 2.50 bits per heavy atom. The van der Waals surface area contributed by atoms with Gasteiger partial charge in [-0.05, 0) is 30.6 Å². The first-order valence-electron chi connectivity index (χ1n) is 8.79. The van der Waals surface area contributed by atoms with Crippen molar-refractivity contribution in [1.82, 2.24) is 15.0 Å². The number of rotatable bonds is 4. The van der Waals surface area contributed by atoms with Gasteiger partial charge >= 0.3 is 0 Å². The second-order valence-corrected chi connectivity index (χ2v) is 8.15. The summed E-state index contributed by atoms with van der Waals surface area (Å²) < 4.78 is 5.68. The van der Waals surface area contributed by atoms with Crippen LogP contribution in [0.25, 0.3) is 17.3 Å². The molecule has 132 valence electrons. The van der Waals surface area contributed by atoms with Gasteiger partial charge < -0.3 is 9.42 Å². The van der Waals surface area contributed by atoms with Crippen molar-refractivity contribution >= 4 is 29.3 Å². The van der Waals surface area contributed by atoms with E-state index in [-0.39, 0.29) is 0 Å². The van der Waals surface area contributed by atoms with E-state index in [0.29, 0.717) is 45.0 Å². The summed E-state index contributed by atoms with van der Waals surface area (Å²) in [7, 11) is 0. The monoisotopic (exact) mass is 386 g/mol. The number of piperidine rings is 1. The predicted octanol–water partition coefficient (Wildman–Crippen LogP) is 4.59. The minimum absolute atomic E-state index is 0.433. The average molecular weight is 387 g/mol. The largest absolute Gasteiger partial charge is 0.360 e. The Balaban J connectivity index is 1.48. The maximum Gasteiger partial charge on any atom is 0.179 e. The topological polar surface area (TPSA) is 66.0 Å². The summed E-state index contributed by atoms with van der Waals surface area (Å²) >= 11 is 12.7. The molecular formula is C19H16Cl2N4O. The second kappa shape index (κ2) is 6.00. The molecule has 26 heavy (non-hydrogen) atoms. The van der Waals surface area contributed by atoms with E-state index >= 15 is 0 Å². The summed E-state index contributed by atoms with van der Waals surface area (Å²) in [6, 6.07) is 0. The average Bonchev–Trinajstić information content (AvgIpc) is 3.49. The molecule has 2 aliphatic carbocycles. The highest BCUT2D eigenvalue weighted by atomic mass is 35.5. The van der Waals surface area contributed by atoms with E-state index in [2.05, 4.69) is 28.5 Å². The first-order chi connectivity index (χ1) is 12.7. The van der Waals surface area contributed by atoms with Crippen LogP contribution in [0.4, 0.5) is 0 Å². The lowest BCUT2D eigenvalue weighted by molar-refractivity contribution is 0.386. The summed E-state index contributed by atoms with van der Waals surface area (Å²) in [6.07, 6.45) is 12.0. The Bertz CT molecular complexity index is 911. The van der Waals surface area contributed by atoms with Crippen LogP contribution in [0.3, 0.4) is 0 Å². The molecule has 2 unspecified atom stereocenters. The van der Waals surface area contributed by atoms with E-state index in [0.717, 1.165) is 37.3 Å². The van der Waals surface area contributed by atoms with Crippen molar-refractivity contribution in [2.75, 3.05) is 13.1 Å². The first-order valence-corrected chi connectivity index (χ1v) is 9.54. The van der Waals surface area contributed by atoms with E-state index < -0.39 is 0 Å². The van der Waals surface area contributed by atoms with E-state index in [4.69, 9.17) is 33.0 Å². The zero-order valence-corrected chi connectivity index (χ0v) is 15.4. The highest BCUT2D eigenvalue weighted by molar-refractivity contribution is 6.39. The predicted molar refractivity (Wildman–Crippen MR) is 98.4 cm³/mol. The highest BCUT2D eigenvalue weighted by Gasteiger charge is 2.54. The quantitative estimate of drug-likeness (QED) is 0.718. The van der Waals surface area contributed by atoms with Gasteiger partial charge in [-0.3, -0.25) is 4.98 Å². The number of nitrogens with zero attached hydrogens (tertiary/aromatic N) is 4. The van der Waals surface area contributed by atoms with Crippen molar-refractivity contribution in [3.8, 4) is 17.5 Å². The fourth-order valence-corrected chi connectivity index (χ4v) is 4.62. The molecular weight excluding hydrogens is 371 g/mol. The summed E-state index contributed by atoms with van der Waals surface area (Å²) in [5, 5.41) is 14.2. The lowest BCUT2D eigenvalue weighted by Gasteiger charge is -2.09. The van der Waals surface area contributed by atoms with Crippen LogP contribution >= 0.6 is 23.2 Å². The summed E-state index contributed by atoms with van der Waals surface area (Å²) in [5.41, 5.74) is 2.33. The van der Waals surface area contributed by atoms with Crippen LogP contribution in [0.1, 0.15) is 30.1 Å². The number of pyridine rings is 1. The molecule has 5 nitrogen and oxygen atoms in total. The third kappa shape index (κ3) is 2.60. The molecule has 0 bridgehead atoms. The smallest absolute Gasteiger partial charge is 0.179 e. The maximum absolute atomic E-state index is 9.00. The van der Waals surface area contributed by atoms with E-state index in [1.54, 1.807) is 12.4 Å². The molecule has 5 rings (SSSR count). The zero-order chi connectivity index (χ0) is 17.8. The third-order valence-corrected chi connectivity index (χ3v) is 6.25. The maximum atomic E-state index is 9.00. The molecule has 0 radical (unpaired) electrons. The fraction of sp³-hybridized carbons (Fsp3) is 0.421. The van der Waals surface area contributed by atoms with E-state index in [1.807, 2.05) is 4.90 Å². The standard InChI is InChI=1S/C19H16Cl2N4O/c20-15-5-23-6-16(21)17(15)18-12(19(26-24-18)10-1-2-10)4-3-11-13-7-25(9-22)8-14(11)13/h3-6,10-11,13-14H,1-2,7-8H2/b4-3+. The van der Waals surface area contributed by atoms with Crippen LogP contribution in [-0.2, 0) is 0 Å². The van der Waals surface area contributed by atoms with Gasteiger partial charge in [0.2, 0.25) is 0 Å². The Labute approximate surface area is 161 Å². The van der Waals surface area contributed by atoms with Crippen molar-refractivity contribution < 1.29 is 4.52 Å². The van der Waals surface area contributed by atoms with Gasteiger partial charge in [0, 0.05) is 42.5 Å². The molecule has 0 N–H and O–H groups in total. The molecule has 1 aliphatic heterocycles. The minimum atomic E-state index is 0.433. The number of aromatic nitrogens is 2. The molecule has 0 aromatic carbocycles. The number of nitriles is 1. The lowest BCUT2D eigenvalue weighted by Crippen LogP contribution is -2.17. The number of fused-ring (bicyclic) bond motifs is 1. The Morgan fingerprint density at radius 2 is 1.88 bits per heavy atom. The van der Waals surface area contributed by atoms with E-state index in [1.165, 1.54) is 0 Å². The Morgan fingerprint density at radius 1 is 1.19 bits per heavy atom. The van der Waals surface area contributed by atoms with Gasteiger partial charge in [-0.15, -0.1) is 0 Å². The molecule has 3 aliphatic rings. The summed E-state index contributed by atoms with van der Waals surface area (Å²) in [6.45, 7) is 1.73. The summed E-state index contributed by atoms with van der Waals surface area (Å²) in [4.78, 5) is 5.86. The van der Waals surface area contributed by atoms with E-state index in [9.17, 15) is 0 Å². The SMILES string of the molecule is N#CN1CC2C(/C=C/c3c(-c4c(Cl)cncc4Cl)noc3C3CC3)C2C1. The van der Waals surface area contributed by atoms with Crippen molar-refractivity contribution in [3.05, 3.63) is 39.8 Å². The molecule has 2 aromatic rings. The van der Waals surface area contributed by atoms with Crippen LogP contribution in [0.15, 0.2) is 23.0 Å². The minimum Gasteiger partial charge on any atom is -0.360 e. The number of hydrogen-bond acceptors (Lipinski definition) is 5. The van der Waals surface area contributed by atoms with Crippen LogP contribution in [0, 0.1) is 29.2 Å². The first kappa shape index (κ1) is 16.2. The third-order valence-electron chi connectivity index (χ3n) is 5.68. The normalized spacial score (nSPS) is 27.0. The number of hydrogen-bond donors (Lipinski definition) is 0. The number of halogens is 2. The van der Waals surface area contributed by atoms with Crippen LogP contribution in [0.2, 0.25) is 10.0 Å². The number of likely N-dealkylation sites (tertiary alicyclic amines) is 1. The lowest BCUT2D eigenvalue weighted by atomic mass is 10.0. The molecule has 0 amide bonds. The van der Waals surface area contributed by atoms with Crippen molar-refractivity contribution in [2.45, 2.75) is 18.8 Å². The Hall–Kier alpha value is -2.03. The van der Waals surface area contributed by atoms with Gasteiger partial charge in [0.1, 0.15) is 11.5 Å². The Kier molecular flexibility index (Phi) is 3.73. The second-order valence-electron chi connectivity index (χ2n) is 7.33. The van der Waals surface area contributed by atoms with Crippen molar-refractivity contribution in [1.29, 1.82) is 5.26 Å². The van der Waals surface area contributed by atoms with Gasteiger partial charge in [-0.2, -0.15) is 5.26 Å². The molecule has 3 fully saturated rings. The molecule has 7 heteroatoms. The highest BCUT2D eigenvalue weighted by Crippen LogP contribution is 2.53. The van der Waals surface area contributed by atoms with Crippen LogP contribution in [0.5, 0.6) is 0 Å². The van der Waals surface area contributed by atoms with Gasteiger partial charge in [-0.1, -0.05) is 40.5 Å². The van der Waals surface area contributed by atoms with Gasteiger partial charge in [-0.25, -0.2) is 0 Å². The van der Waals surface area contributed by atoms with Gasteiger partial charge in [0.15, 0.2) is 6.19 Å². The number of allylic oxidation sites excluding steroid dienone is 1. The molecule has 0 spiro atoms. The van der Waals surface area contributed by atoms with Crippen LogP contribution < -0.4 is 0 Å². The zero-order valence-electron chi connectivity index (χ0n) is 13.9. The van der Waals surface area contributed by atoms with Gasteiger partial charge in [0.05, 0.1) is 10.0 Å². The van der Waals surface area contributed by atoms with Crippen LogP contribution in [-0.4, -0.2) is 28.1 Å². The molecule has 2 aromatic heterocycles.